The number of quaternary nitrogens is 1. The molecule has 1 aromatic heterocycles. The van der Waals surface area contributed by atoms with Gasteiger partial charge in [-0.2, -0.15) is 0 Å². The van der Waals surface area contributed by atoms with Crippen molar-refractivity contribution in [3.05, 3.63) is 64.2 Å². The number of fused-ring (bicyclic) bond motifs is 2. The van der Waals surface area contributed by atoms with E-state index in [4.69, 9.17) is 14.5 Å². The molecule has 1 saturated heterocycles. The zero-order chi connectivity index (χ0) is 19.8. The van der Waals surface area contributed by atoms with E-state index in [0.717, 1.165) is 48.6 Å². The fourth-order valence-corrected chi connectivity index (χ4v) is 4.65. The van der Waals surface area contributed by atoms with Crippen LogP contribution in [0.15, 0.2) is 47.3 Å². The minimum Gasteiger partial charge on any atom is -0.490 e. The summed E-state index contributed by atoms with van der Waals surface area (Å²) in [5.41, 5.74) is 1.95. The largest absolute Gasteiger partial charge is 0.490 e. The molecule has 0 spiro atoms. The van der Waals surface area contributed by atoms with Crippen LogP contribution in [0.2, 0.25) is 0 Å². The Balaban J connectivity index is 1.46. The van der Waals surface area contributed by atoms with E-state index in [1.807, 2.05) is 30.3 Å². The molecular formula is C23H26N3O3+. The fourth-order valence-electron chi connectivity index (χ4n) is 4.65. The van der Waals surface area contributed by atoms with Gasteiger partial charge in [0.05, 0.1) is 30.7 Å². The second-order valence-corrected chi connectivity index (χ2v) is 7.97. The molecule has 3 aromatic rings. The summed E-state index contributed by atoms with van der Waals surface area (Å²) in [6.45, 7) is 4.60. The van der Waals surface area contributed by atoms with Gasteiger partial charge in [0, 0.05) is 24.8 Å². The van der Waals surface area contributed by atoms with Crippen LogP contribution in [-0.2, 0) is 0 Å². The molecule has 1 unspecified atom stereocenters. The van der Waals surface area contributed by atoms with Crippen LogP contribution in [0.4, 0.5) is 0 Å². The second kappa shape index (κ2) is 7.52. The molecule has 2 aliphatic heterocycles. The number of aromatic amines is 1. The van der Waals surface area contributed by atoms with Crippen LogP contribution in [0.3, 0.4) is 0 Å². The molecule has 3 heterocycles. The molecule has 1 fully saturated rings. The highest BCUT2D eigenvalue weighted by molar-refractivity contribution is 5.77. The average molecular weight is 392 g/mol. The molecule has 2 aromatic carbocycles. The molecule has 0 amide bonds. The first-order valence-corrected chi connectivity index (χ1v) is 10.4. The van der Waals surface area contributed by atoms with E-state index >= 15 is 0 Å². The summed E-state index contributed by atoms with van der Waals surface area (Å²) in [6, 6.07) is 14.3. The van der Waals surface area contributed by atoms with Crippen molar-refractivity contribution in [3.8, 4) is 11.5 Å². The minimum absolute atomic E-state index is 0.0665. The molecule has 0 bridgehead atoms. The van der Waals surface area contributed by atoms with Crippen molar-refractivity contribution in [1.29, 1.82) is 0 Å². The molecular weight excluding hydrogens is 366 g/mol. The van der Waals surface area contributed by atoms with Gasteiger partial charge in [-0.05, 0) is 37.3 Å². The molecule has 3 atom stereocenters. The first kappa shape index (κ1) is 18.2. The summed E-state index contributed by atoms with van der Waals surface area (Å²) < 4.78 is 11.7. The zero-order valence-corrected chi connectivity index (χ0v) is 16.6. The summed E-state index contributed by atoms with van der Waals surface area (Å²) >= 11 is 0. The quantitative estimate of drug-likeness (QED) is 0.719. The molecule has 2 aliphatic rings. The van der Waals surface area contributed by atoms with Crippen LogP contribution in [0, 0.1) is 0 Å². The van der Waals surface area contributed by atoms with E-state index < -0.39 is 0 Å². The normalized spacial score (nSPS) is 22.4. The number of para-hydroxylation sites is 1. The third kappa shape index (κ3) is 3.38. The summed E-state index contributed by atoms with van der Waals surface area (Å²) in [7, 11) is 0. The lowest BCUT2D eigenvalue weighted by molar-refractivity contribution is -0.948. The van der Waals surface area contributed by atoms with Gasteiger partial charge in [0.1, 0.15) is 12.1 Å². The lowest BCUT2D eigenvalue weighted by Gasteiger charge is -2.27. The van der Waals surface area contributed by atoms with Crippen molar-refractivity contribution in [2.75, 3.05) is 19.8 Å². The number of rotatable bonds is 3. The maximum Gasteiger partial charge on any atom is 0.258 e. The van der Waals surface area contributed by atoms with Gasteiger partial charge in [-0.25, -0.2) is 4.98 Å². The minimum atomic E-state index is -0.0665. The van der Waals surface area contributed by atoms with E-state index in [1.165, 1.54) is 10.5 Å². The Bertz CT molecular complexity index is 1090. The number of nitrogens with one attached hydrogen (secondary N) is 2. The highest BCUT2D eigenvalue weighted by atomic mass is 16.5. The third-order valence-corrected chi connectivity index (χ3v) is 6.18. The number of hydrogen-bond donors (Lipinski definition) is 2. The molecule has 5 rings (SSSR count). The van der Waals surface area contributed by atoms with Gasteiger partial charge in [-0.15, -0.1) is 0 Å². The van der Waals surface area contributed by atoms with Crippen LogP contribution in [-0.4, -0.2) is 29.7 Å². The van der Waals surface area contributed by atoms with Crippen LogP contribution in [0.5, 0.6) is 11.5 Å². The molecule has 150 valence electrons. The standard InChI is InChI=1S/C23H25N3O3/c1-15(22-24-18-7-3-2-6-17(18)23(27)25-22)26-11-4-8-19(26)16-9-10-20-21(14-16)29-13-5-12-28-20/h2-3,6-7,9-10,14-15,19H,4-5,8,11-13H2,1H3,(H,24,25,27)/p+1/t15-,19-/m1/s1. The first-order valence-electron chi connectivity index (χ1n) is 10.4. The third-order valence-electron chi connectivity index (χ3n) is 6.18. The lowest BCUT2D eigenvalue weighted by atomic mass is 10.0. The Kier molecular flexibility index (Phi) is 4.72. The van der Waals surface area contributed by atoms with Gasteiger partial charge in [0.2, 0.25) is 0 Å². The van der Waals surface area contributed by atoms with Crippen molar-refractivity contribution in [2.24, 2.45) is 0 Å². The Labute approximate surface area is 169 Å². The monoisotopic (exact) mass is 392 g/mol. The summed E-state index contributed by atoms with van der Waals surface area (Å²) in [5, 5.41) is 0.638. The van der Waals surface area contributed by atoms with Gasteiger partial charge >= 0.3 is 0 Å². The predicted molar refractivity (Wildman–Crippen MR) is 111 cm³/mol. The molecule has 6 nitrogen and oxygen atoms in total. The maximum absolute atomic E-state index is 12.5. The number of likely N-dealkylation sites (tertiary alicyclic amines) is 1. The van der Waals surface area contributed by atoms with Crippen molar-refractivity contribution in [2.45, 2.75) is 38.3 Å². The Morgan fingerprint density at radius 1 is 1.10 bits per heavy atom. The predicted octanol–water partition coefficient (Wildman–Crippen LogP) is 2.57. The van der Waals surface area contributed by atoms with Gasteiger partial charge in [0.15, 0.2) is 17.3 Å². The highest BCUT2D eigenvalue weighted by Gasteiger charge is 2.36. The maximum atomic E-state index is 12.5. The molecule has 2 N–H and O–H groups in total. The van der Waals surface area contributed by atoms with E-state index in [1.54, 1.807) is 0 Å². The topological polar surface area (TPSA) is 68.7 Å². The summed E-state index contributed by atoms with van der Waals surface area (Å²) in [6.07, 6.45) is 3.16. The van der Waals surface area contributed by atoms with E-state index in [2.05, 4.69) is 24.0 Å². The van der Waals surface area contributed by atoms with Crippen molar-refractivity contribution in [1.82, 2.24) is 9.97 Å². The van der Waals surface area contributed by atoms with Crippen molar-refractivity contribution < 1.29 is 14.4 Å². The SMILES string of the molecule is C[C@H](c1nc2ccccc2c(=O)[nH]1)[NH+]1CCC[C@@H]1c1ccc2c(c1)OCCCO2. The van der Waals surface area contributed by atoms with Gasteiger partial charge < -0.3 is 19.4 Å². The van der Waals surface area contributed by atoms with Crippen LogP contribution < -0.4 is 19.9 Å². The highest BCUT2D eigenvalue weighted by Crippen LogP contribution is 2.33. The number of benzene rings is 2. The van der Waals surface area contributed by atoms with E-state index in [9.17, 15) is 4.79 Å². The molecule has 0 radical (unpaired) electrons. The first-order chi connectivity index (χ1) is 14.2. The Hall–Kier alpha value is -2.86. The fraction of sp³-hybridized carbons (Fsp3) is 0.391. The smallest absolute Gasteiger partial charge is 0.258 e. The van der Waals surface area contributed by atoms with E-state index in [0.29, 0.717) is 24.6 Å². The number of aromatic nitrogens is 2. The Morgan fingerprint density at radius 2 is 1.93 bits per heavy atom. The van der Waals surface area contributed by atoms with Crippen LogP contribution >= 0.6 is 0 Å². The number of hydrogen-bond acceptors (Lipinski definition) is 4. The van der Waals surface area contributed by atoms with Gasteiger partial charge in [0.25, 0.3) is 5.56 Å². The van der Waals surface area contributed by atoms with Crippen molar-refractivity contribution in [3.63, 3.8) is 0 Å². The molecule has 6 heteroatoms. The average Bonchev–Trinajstić information content (AvgIpc) is 3.11. The summed E-state index contributed by atoms with van der Waals surface area (Å²) in [4.78, 5) is 21.8. The van der Waals surface area contributed by atoms with Crippen LogP contribution in [0.1, 0.15) is 49.7 Å². The number of nitrogens with zero attached hydrogens (tertiary/aromatic N) is 1. The summed E-state index contributed by atoms with van der Waals surface area (Å²) in [5.74, 6) is 2.43. The lowest BCUT2D eigenvalue weighted by Crippen LogP contribution is -3.10. The van der Waals surface area contributed by atoms with Gasteiger partial charge in [-0.1, -0.05) is 12.1 Å². The van der Waals surface area contributed by atoms with Crippen LogP contribution in [0.25, 0.3) is 10.9 Å². The second-order valence-electron chi connectivity index (χ2n) is 7.97. The Morgan fingerprint density at radius 3 is 2.83 bits per heavy atom. The molecule has 0 saturated carbocycles. The van der Waals surface area contributed by atoms with Gasteiger partial charge in [-0.3, -0.25) is 4.79 Å². The van der Waals surface area contributed by atoms with Crippen molar-refractivity contribution >= 4 is 10.9 Å². The number of H-pyrrole nitrogens is 1. The zero-order valence-electron chi connectivity index (χ0n) is 16.6. The van der Waals surface area contributed by atoms with E-state index in [-0.39, 0.29) is 11.6 Å². The number of ether oxygens (including phenoxy) is 2. The molecule has 29 heavy (non-hydrogen) atoms. The molecule has 0 aliphatic carbocycles.